The predicted molar refractivity (Wildman–Crippen MR) is 70.7 cm³/mol. The molecule has 100 valence electrons. The molecule has 17 heavy (non-hydrogen) atoms. The van der Waals surface area contributed by atoms with Crippen LogP contribution in [0.3, 0.4) is 0 Å². The second-order valence-electron chi connectivity index (χ2n) is 5.19. The summed E-state index contributed by atoms with van der Waals surface area (Å²) in [5.74, 6) is 0.621. The van der Waals surface area contributed by atoms with Gasteiger partial charge >= 0.3 is 0 Å². The maximum atomic E-state index is 12.1. The Hall–Kier alpha value is -0.610. The average Bonchev–Trinajstić information content (AvgIpc) is 2.35. The van der Waals surface area contributed by atoms with Crippen LogP contribution in [0.25, 0.3) is 0 Å². The van der Waals surface area contributed by atoms with Crippen LogP contribution in [0.4, 0.5) is 0 Å². The molecule has 3 unspecified atom stereocenters. The molecule has 0 aromatic rings. The number of piperidine rings is 1. The van der Waals surface area contributed by atoms with Crippen molar-refractivity contribution in [3.05, 3.63) is 0 Å². The van der Waals surface area contributed by atoms with Crippen molar-refractivity contribution in [3.63, 3.8) is 0 Å². The quantitative estimate of drug-likeness (QED) is 0.796. The van der Waals surface area contributed by atoms with E-state index >= 15 is 0 Å². The summed E-state index contributed by atoms with van der Waals surface area (Å²) in [6, 6.07) is 0.0132. The second-order valence-corrected chi connectivity index (χ2v) is 5.19. The number of carbonyl (C=O) groups excluding carboxylic acids is 1. The van der Waals surface area contributed by atoms with Gasteiger partial charge in [0.05, 0.1) is 6.04 Å². The highest BCUT2D eigenvalue weighted by atomic mass is 16.2. The molecule has 3 atom stereocenters. The Morgan fingerprint density at radius 1 is 1.53 bits per heavy atom. The average molecular weight is 241 g/mol. The maximum absolute atomic E-state index is 12.1. The third-order valence-electron chi connectivity index (χ3n) is 3.99. The molecule has 0 radical (unpaired) electrons. The molecule has 0 aromatic heterocycles. The summed E-state index contributed by atoms with van der Waals surface area (Å²) in [7, 11) is 1.90. The van der Waals surface area contributed by atoms with Gasteiger partial charge in [-0.2, -0.15) is 0 Å². The molecule has 2 N–H and O–H groups in total. The lowest BCUT2D eigenvalue weighted by molar-refractivity contribution is -0.135. The molecule has 1 rings (SSSR count). The molecule has 1 saturated heterocycles. The number of hydrogen-bond acceptors (Lipinski definition) is 3. The largest absolute Gasteiger partial charge is 0.341 e. The lowest BCUT2D eigenvalue weighted by Gasteiger charge is -2.41. The van der Waals surface area contributed by atoms with Crippen molar-refractivity contribution < 1.29 is 4.79 Å². The number of nitrogens with zero attached hydrogens (tertiary/aromatic N) is 2. The van der Waals surface area contributed by atoms with Crippen molar-refractivity contribution in [3.8, 4) is 0 Å². The molecule has 1 heterocycles. The van der Waals surface area contributed by atoms with E-state index in [9.17, 15) is 4.79 Å². The fraction of sp³-hybridized carbons (Fsp3) is 0.923. The van der Waals surface area contributed by atoms with E-state index in [2.05, 4.69) is 18.7 Å². The summed E-state index contributed by atoms with van der Waals surface area (Å²) in [5.41, 5.74) is 5.82. The minimum atomic E-state index is -0.337. The molecular weight excluding hydrogens is 214 g/mol. The molecule has 0 aliphatic carbocycles. The smallest absolute Gasteiger partial charge is 0.239 e. The van der Waals surface area contributed by atoms with Crippen molar-refractivity contribution in [2.24, 2.45) is 11.7 Å². The van der Waals surface area contributed by atoms with E-state index in [4.69, 9.17) is 5.73 Å². The maximum Gasteiger partial charge on any atom is 0.239 e. The Labute approximate surface area is 105 Å². The highest BCUT2D eigenvalue weighted by molar-refractivity contribution is 5.81. The number of carbonyl (C=O) groups is 1. The van der Waals surface area contributed by atoms with Gasteiger partial charge in [-0.25, -0.2) is 0 Å². The zero-order valence-electron chi connectivity index (χ0n) is 11.6. The van der Waals surface area contributed by atoms with Crippen LogP contribution >= 0.6 is 0 Å². The molecule has 4 nitrogen and oxygen atoms in total. The molecule has 4 heteroatoms. The van der Waals surface area contributed by atoms with E-state index in [-0.39, 0.29) is 11.9 Å². The summed E-state index contributed by atoms with van der Waals surface area (Å²) in [6.45, 7) is 9.65. The van der Waals surface area contributed by atoms with Crippen molar-refractivity contribution in [2.45, 2.75) is 45.7 Å². The van der Waals surface area contributed by atoms with Crippen LogP contribution in [0, 0.1) is 5.92 Å². The van der Waals surface area contributed by atoms with Gasteiger partial charge < -0.3 is 15.5 Å². The minimum Gasteiger partial charge on any atom is -0.341 e. The molecule has 0 spiro atoms. The van der Waals surface area contributed by atoms with E-state index in [1.165, 1.54) is 0 Å². The van der Waals surface area contributed by atoms with E-state index in [0.29, 0.717) is 18.4 Å². The molecule has 1 fully saturated rings. The summed E-state index contributed by atoms with van der Waals surface area (Å²) >= 11 is 0. The first-order valence-electron chi connectivity index (χ1n) is 6.75. The monoisotopic (exact) mass is 241 g/mol. The Morgan fingerprint density at radius 3 is 2.65 bits per heavy atom. The van der Waals surface area contributed by atoms with Crippen molar-refractivity contribution in [2.75, 3.05) is 26.7 Å². The van der Waals surface area contributed by atoms with Crippen LogP contribution in [0.15, 0.2) is 0 Å². The zero-order chi connectivity index (χ0) is 13.0. The van der Waals surface area contributed by atoms with Gasteiger partial charge in [0.15, 0.2) is 0 Å². The molecule has 1 aliphatic heterocycles. The molecule has 1 amide bonds. The predicted octanol–water partition coefficient (Wildman–Crippen LogP) is 0.912. The summed E-state index contributed by atoms with van der Waals surface area (Å²) < 4.78 is 0. The molecule has 1 aliphatic rings. The second kappa shape index (κ2) is 6.36. The first-order valence-corrected chi connectivity index (χ1v) is 6.75. The van der Waals surface area contributed by atoms with Crippen LogP contribution < -0.4 is 5.73 Å². The van der Waals surface area contributed by atoms with E-state index in [1.54, 1.807) is 0 Å². The number of rotatable bonds is 4. The first kappa shape index (κ1) is 14.5. The molecule has 0 aromatic carbocycles. The Kier molecular flexibility index (Phi) is 5.40. The molecule has 0 bridgehead atoms. The number of nitrogens with two attached hydrogens (primary N) is 1. The standard InChI is InChI=1S/C13H27N3O/c1-5-11(14)13(17)15(4)12-7-8-16(6-2)9-10(12)3/h10-12H,5-9,14H2,1-4H3. The number of amides is 1. The van der Waals surface area contributed by atoms with Crippen molar-refractivity contribution in [1.82, 2.24) is 9.80 Å². The van der Waals surface area contributed by atoms with Gasteiger partial charge in [-0.15, -0.1) is 0 Å². The Balaban J connectivity index is 2.58. The lowest BCUT2D eigenvalue weighted by atomic mass is 9.92. The molecule has 0 saturated carbocycles. The normalized spacial score (nSPS) is 27.8. The van der Waals surface area contributed by atoms with Crippen molar-refractivity contribution in [1.29, 1.82) is 0 Å². The van der Waals surface area contributed by atoms with E-state index in [1.807, 2.05) is 18.9 Å². The third kappa shape index (κ3) is 3.42. The Bertz CT molecular complexity index is 257. The van der Waals surface area contributed by atoms with Crippen LogP contribution in [0.1, 0.15) is 33.6 Å². The fourth-order valence-electron chi connectivity index (χ4n) is 2.68. The van der Waals surface area contributed by atoms with Gasteiger partial charge in [0.25, 0.3) is 0 Å². The Morgan fingerprint density at radius 2 is 2.18 bits per heavy atom. The SMILES string of the molecule is CCC(N)C(=O)N(C)C1CCN(CC)CC1C. The van der Waals surface area contributed by atoms with E-state index in [0.717, 1.165) is 26.1 Å². The van der Waals surface area contributed by atoms with Gasteiger partial charge in [0.1, 0.15) is 0 Å². The topological polar surface area (TPSA) is 49.6 Å². The van der Waals surface area contributed by atoms with Crippen LogP contribution in [-0.2, 0) is 4.79 Å². The highest BCUT2D eigenvalue weighted by Gasteiger charge is 2.31. The molecular formula is C13H27N3O. The lowest BCUT2D eigenvalue weighted by Crippen LogP contribution is -2.53. The van der Waals surface area contributed by atoms with Gasteiger partial charge in [0, 0.05) is 26.2 Å². The van der Waals surface area contributed by atoms with Crippen LogP contribution in [0.5, 0.6) is 0 Å². The van der Waals surface area contributed by atoms with Crippen molar-refractivity contribution >= 4 is 5.91 Å². The van der Waals surface area contributed by atoms with Crippen LogP contribution in [0.2, 0.25) is 0 Å². The van der Waals surface area contributed by atoms with Gasteiger partial charge in [-0.05, 0) is 25.3 Å². The number of likely N-dealkylation sites (tertiary alicyclic amines) is 1. The highest BCUT2D eigenvalue weighted by Crippen LogP contribution is 2.21. The first-order chi connectivity index (χ1) is 8.01. The third-order valence-corrected chi connectivity index (χ3v) is 3.99. The van der Waals surface area contributed by atoms with Crippen LogP contribution in [-0.4, -0.2) is 54.5 Å². The summed E-state index contributed by atoms with van der Waals surface area (Å²) in [6.07, 6.45) is 1.78. The van der Waals surface area contributed by atoms with Gasteiger partial charge in [-0.1, -0.05) is 20.8 Å². The van der Waals surface area contributed by atoms with Gasteiger partial charge in [0.2, 0.25) is 5.91 Å². The number of likely N-dealkylation sites (N-methyl/N-ethyl adjacent to an activating group) is 1. The summed E-state index contributed by atoms with van der Waals surface area (Å²) in [4.78, 5) is 16.4. The number of hydrogen-bond donors (Lipinski definition) is 1. The zero-order valence-corrected chi connectivity index (χ0v) is 11.6. The van der Waals surface area contributed by atoms with Gasteiger partial charge in [-0.3, -0.25) is 4.79 Å². The van der Waals surface area contributed by atoms with E-state index < -0.39 is 0 Å². The summed E-state index contributed by atoms with van der Waals surface area (Å²) in [5, 5.41) is 0. The fourth-order valence-corrected chi connectivity index (χ4v) is 2.68. The minimum absolute atomic E-state index is 0.0919.